The zero-order chi connectivity index (χ0) is 7.68. The van der Waals surface area contributed by atoms with Gasteiger partial charge in [0.1, 0.15) is 6.10 Å². The van der Waals surface area contributed by atoms with Crippen molar-refractivity contribution in [1.82, 2.24) is 0 Å². The summed E-state index contributed by atoms with van der Waals surface area (Å²) in [4.78, 5) is 0. The summed E-state index contributed by atoms with van der Waals surface area (Å²) in [6.45, 7) is 0.566. The molecule has 11 heavy (non-hydrogen) atoms. The minimum Gasteiger partial charge on any atom is -0.370 e. The van der Waals surface area contributed by atoms with Crippen LogP contribution in [0.3, 0.4) is 0 Å². The van der Waals surface area contributed by atoms with Gasteiger partial charge in [0.15, 0.2) is 6.17 Å². The summed E-state index contributed by atoms with van der Waals surface area (Å²) < 4.78 is 18.0. The predicted octanol–water partition coefficient (Wildman–Crippen LogP) is 2.10. The third-order valence-electron chi connectivity index (χ3n) is 1.80. The van der Waals surface area contributed by atoms with E-state index in [9.17, 15) is 4.39 Å². The highest BCUT2D eigenvalue weighted by atomic mass is 19.1. The van der Waals surface area contributed by atoms with Crippen molar-refractivity contribution in [2.75, 3.05) is 6.61 Å². The lowest BCUT2D eigenvalue weighted by atomic mass is 10.1. The van der Waals surface area contributed by atoms with E-state index >= 15 is 0 Å². The molecule has 0 radical (unpaired) electrons. The van der Waals surface area contributed by atoms with Crippen molar-refractivity contribution in [2.24, 2.45) is 0 Å². The van der Waals surface area contributed by atoms with E-state index in [2.05, 4.69) is 0 Å². The largest absolute Gasteiger partial charge is 0.370 e. The van der Waals surface area contributed by atoms with E-state index < -0.39 is 6.17 Å². The SMILES string of the molecule is F[C@@H](c1ccccc1)[C@H]1CO1. The summed E-state index contributed by atoms with van der Waals surface area (Å²) in [5.41, 5.74) is 0.718. The van der Waals surface area contributed by atoms with Crippen molar-refractivity contribution in [3.63, 3.8) is 0 Å². The van der Waals surface area contributed by atoms with Gasteiger partial charge in [-0.1, -0.05) is 30.3 Å². The van der Waals surface area contributed by atoms with Crippen molar-refractivity contribution >= 4 is 0 Å². The first-order valence-corrected chi connectivity index (χ1v) is 3.68. The lowest BCUT2D eigenvalue weighted by Crippen LogP contribution is -1.98. The van der Waals surface area contributed by atoms with Crippen LogP contribution in [0.5, 0.6) is 0 Å². The Labute approximate surface area is 64.8 Å². The number of epoxide rings is 1. The molecule has 0 aromatic heterocycles. The Bertz CT molecular complexity index is 231. The second-order valence-electron chi connectivity index (χ2n) is 2.68. The fraction of sp³-hybridized carbons (Fsp3) is 0.333. The van der Waals surface area contributed by atoms with Gasteiger partial charge in [0.25, 0.3) is 0 Å². The Morgan fingerprint density at radius 2 is 2.00 bits per heavy atom. The van der Waals surface area contributed by atoms with Crippen LogP contribution in [0.4, 0.5) is 4.39 Å². The molecule has 2 heteroatoms. The second kappa shape index (κ2) is 2.62. The summed E-state index contributed by atoms with van der Waals surface area (Å²) >= 11 is 0. The molecule has 0 unspecified atom stereocenters. The molecule has 1 heterocycles. The average molecular weight is 152 g/mol. The molecule has 0 amide bonds. The van der Waals surface area contributed by atoms with Gasteiger partial charge in [0.05, 0.1) is 6.61 Å². The molecule has 1 aliphatic rings. The highest BCUT2D eigenvalue weighted by Crippen LogP contribution is 2.30. The number of rotatable bonds is 2. The molecule has 1 aromatic rings. The van der Waals surface area contributed by atoms with E-state index in [-0.39, 0.29) is 6.10 Å². The van der Waals surface area contributed by atoms with E-state index in [0.717, 1.165) is 5.56 Å². The maximum atomic E-state index is 13.2. The minimum atomic E-state index is -0.934. The van der Waals surface area contributed by atoms with Gasteiger partial charge in [0.2, 0.25) is 0 Å². The quantitative estimate of drug-likeness (QED) is 0.591. The molecular formula is C9H9FO. The molecule has 1 saturated heterocycles. The number of ether oxygens (including phenoxy) is 1. The van der Waals surface area contributed by atoms with E-state index in [1.807, 2.05) is 18.2 Å². The normalized spacial score (nSPS) is 24.6. The number of hydrogen-bond acceptors (Lipinski definition) is 1. The summed E-state index contributed by atoms with van der Waals surface area (Å²) in [5.74, 6) is 0. The first-order chi connectivity index (χ1) is 5.38. The molecule has 0 N–H and O–H groups in total. The topological polar surface area (TPSA) is 12.5 Å². The van der Waals surface area contributed by atoms with Crippen LogP contribution in [0.1, 0.15) is 11.7 Å². The van der Waals surface area contributed by atoms with Crippen LogP contribution in [-0.2, 0) is 4.74 Å². The highest BCUT2D eigenvalue weighted by Gasteiger charge is 2.33. The Morgan fingerprint density at radius 1 is 1.36 bits per heavy atom. The van der Waals surface area contributed by atoms with Crippen molar-refractivity contribution in [3.05, 3.63) is 35.9 Å². The molecule has 1 nitrogen and oxygen atoms in total. The number of halogens is 1. The van der Waals surface area contributed by atoms with Crippen LogP contribution in [0.2, 0.25) is 0 Å². The van der Waals surface area contributed by atoms with Crippen LogP contribution < -0.4 is 0 Å². The fourth-order valence-electron chi connectivity index (χ4n) is 1.08. The Hall–Kier alpha value is -0.890. The van der Waals surface area contributed by atoms with Crippen LogP contribution in [0, 0.1) is 0 Å². The molecule has 0 saturated carbocycles. The maximum absolute atomic E-state index is 13.2. The lowest BCUT2D eigenvalue weighted by molar-refractivity contribution is 0.253. The molecular weight excluding hydrogens is 143 g/mol. The Kier molecular flexibility index (Phi) is 1.62. The molecule has 1 fully saturated rings. The van der Waals surface area contributed by atoms with Crippen LogP contribution >= 0.6 is 0 Å². The third kappa shape index (κ3) is 1.40. The number of benzene rings is 1. The first-order valence-electron chi connectivity index (χ1n) is 3.68. The fourth-order valence-corrected chi connectivity index (χ4v) is 1.08. The smallest absolute Gasteiger partial charge is 0.153 e. The van der Waals surface area contributed by atoms with Gasteiger partial charge in [-0.05, 0) is 5.56 Å². The summed E-state index contributed by atoms with van der Waals surface area (Å²) in [6, 6.07) is 9.12. The van der Waals surface area contributed by atoms with Crippen LogP contribution in [-0.4, -0.2) is 12.7 Å². The van der Waals surface area contributed by atoms with Gasteiger partial charge in [-0.25, -0.2) is 4.39 Å². The van der Waals surface area contributed by atoms with Crippen molar-refractivity contribution < 1.29 is 9.13 Å². The molecule has 2 atom stereocenters. The monoisotopic (exact) mass is 152 g/mol. The molecule has 2 rings (SSSR count). The maximum Gasteiger partial charge on any atom is 0.153 e. The predicted molar refractivity (Wildman–Crippen MR) is 40.0 cm³/mol. The first kappa shape index (κ1) is 6.80. The van der Waals surface area contributed by atoms with Gasteiger partial charge < -0.3 is 4.74 Å². The van der Waals surface area contributed by atoms with E-state index in [1.54, 1.807) is 12.1 Å². The van der Waals surface area contributed by atoms with Gasteiger partial charge in [0, 0.05) is 0 Å². The molecule has 1 aromatic carbocycles. The van der Waals surface area contributed by atoms with Gasteiger partial charge >= 0.3 is 0 Å². The van der Waals surface area contributed by atoms with Crippen molar-refractivity contribution in [2.45, 2.75) is 12.3 Å². The Balaban J connectivity index is 2.15. The minimum absolute atomic E-state index is 0.183. The zero-order valence-electron chi connectivity index (χ0n) is 6.03. The lowest BCUT2D eigenvalue weighted by Gasteiger charge is -2.02. The summed E-state index contributed by atoms with van der Waals surface area (Å²) in [7, 11) is 0. The van der Waals surface area contributed by atoms with Crippen LogP contribution in [0.25, 0.3) is 0 Å². The van der Waals surface area contributed by atoms with E-state index in [1.165, 1.54) is 0 Å². The number of hydrogen-bond donors (Lipinski definition) is 0. The van der Waals surface area contributed by atoms with Gasteiger partial charge in [-0.3, -0.25) is 0 Å². The molecule has 58 valence electrons. The zero-order valence-corrected chi connectivity index (χ0v) is 6.03. The average Bonchev–Trinajstić information content (AvgIpc) is 2.87. The second-order valence-corrected chi connectivity index (χ2v) is 2.68. The highest BCUT2D eigenvalue weighted by molar-refractivity contribution is 5.19. The van der Waals surface area contributed by atoms with Gasteiger partial charge in [-0.2, -0.15) is 0 Å². The van der Waals surface area contributed by atoms with Gasteiger partial charge in [-0.15, -0.1) is 0 Å². The van der Waals surface area contributed by atoms with Crippen LogP contribution in [0.15, 0.2) is 30.3 Å². The molecule has 0 bridgehead atoms. The standard InChI is InChI=1S/C9H9FO/c10-9(8-6-11-8)7-4-2-1-3-5-7/h1-5,8-9H,6H2/t8-,9+/m1/s1. The summed E-state index contributed by atoms with van der Waals surface area (Å²) in [5, 5.41) is 0. The van der Waals surface area contributed by atoms with Crippen molar-refractivity contribution in [1.29, 1.82) is 0 Å². The molecule has 0 spiro atoms. The Morgan fingerprint density at radius 3 is 2.55 bits per heavy atom. The molecule has 1 aliphatic heterocycles. The summed E-state index contributed by atoms with van der Waals surface area (Å²) in [6.07, 6.45) is -1.12. The van der Waals surface area contributed by atoms with E-state index in [0.29, 0.717) is 6.61 Å². The van der Waals surface area contributed by atoms with Crippen molar-refractivity contribution in [3.8, 4) is 0 Å². The molecule has 0 aliphatic carbocycles. The number of alkyl halides is 1. The van der Waals surface area contributed by atoms with E-state index in [4.69, 9.17) is 4.74 Å². The third-order valence-corrected chi connectivity index (χ3v) is 1.80.